The summed E-state index contributed by atoms with van der Waals surface area (Å²) in [6.45, 7) is 1.14. The van der Waals surface area contributed by atoms with Gasteiger partial charge in [-0.2, -0.15) is 0 Å². The molecule has 94 valence electrons. The minimum Gasteiger partial charge on any atom is -0.381 e. The average molecular weight is 265 g/mol. The highest BCUT2D eigenvalue weighted by atomic mass is 35.5. The first-order chi connectivity index (χ1) is 8.09. The van der Waals surface area contributed by atoms with Crippen molar-refractivity contribution in [3.05, 3.63) is 35.1 Å². The molecular weight excluding hydrogens is 253 g/mol. The summed E-state index contributed by atoms with van der Waals surface area (Å²) in [4.78, 5) is 0. The van der Waals surface area contributed by atoms with Gasteiger partial charge in [-0.15, -0.1) is 11.6 Å². The largest absolute Gasteiger partial charge is 0.381 e. The minimum absolute atomic E-state index is 0.0254. The van der Waals surface area contributed by atoms with Crippen LogP contribution in [0, 0.1) is 23.4 Å². The summed E-state index contributed by atoms with van der Waals surface area (Å²) in [5.74, 6) is -3.03. The van der Waals surface area contributed by atoms with Crippen molar-refractivity contribution in [2.24, 2.45) is 5.92 Å². The zero-order valence-corrected chi connectivity index (χ0v) is 9.81. The van der Waals surface area contributed by atoms with Crippen LogP contribution < -0.4 is 0 Å². The second-order valence-corrected chi connectivity index (χ2v) is 4.61. The molecule has 5 heteroatoms. The molecule has 1 aromatic rings. The van der Waals surface area contributed by atoms with Gasteiger partial charge in [-0.25, -0.2) is 13.2 Å². The van der Waals surface area contributed by atoms with E-state index < -0.39 is 22.8 Å². The van der Waals surface area contributed by atoms with Crippen molar-refractivity contribution in [2.45, 2.75) is 18.2 Å². The van der Waals surface area contributed by atoms with Gasteiger partial charge in [-0.05, 0) is 24.8 Å². The van der Waals surface area contributed by atoms with Crippen molar-refractivity contribution in [2.75, 3.05) is 13.2 Å². The van der Waals surface area contributed by atoms with Crippen LogP contribution in [0.4, 0.5) is 13.2 Å². The van der Waals surface area contributed by atoms with Gasteiger partial charge in [0.15, 0.2) is 11.6 Å². The van der Waals surface area contributed by atoms with Crippen LogP contribution >= 0.6 is 11.6 Å². The molecule has 0 spiro atoms. The number of rotatable bonds is 2. The topological polar surface area (TPSA) is 9.23 Å². The first-order valence-electron chi connectivity index (χ1n) is 5.46. The van der Waals surface area contributed by atoms with Gasteiger partial charge in [-0.3, -0.25) is 0 Å². The quantitative estimate of drug-likeness (QED) is 0.583. The van der Waals surface area contributed by atoms with Gasteiger partial charge in [-0.1, -0.05) is 0 Å². The smallest absolute Gasteiger partial charge is 0.161 e. The third-order valence-corrected chi connectivity index (χ3v) is 3.61. The summed E-state index contributed by atoms with van der Waals surface area (Å²) in [5, 5.41) is -0.644. The predicted octanol–water partition coefficient (Wildman–Crippen LogP) is 3.81. The first-order valence-corrected chi connectivity index (χ1v) is 5.89. The van der Waals surface area contributed by atoms with Gasteiger partial charge in [0.05, 0.1) is 5.38 Å². The second kappa shape index (κ2) is 5.27. The number of benzene rings is 1. The number of hydrogen-bond donors (Lipinski definition) is 0. The molecule has 1 saturated heterocycles. The highest BCUT2D eigenvalue weighted by molar-refractivity contribution is 6.21. The molecule has 17 heavy (non-hydrogen) atoms. The summed E-state index contributed by atoms with van der Waals surface area (Å²) in [6, 6.07) is 1.39. The van der Waals surface area contributed by atoms with E-state index in [-0.39, 0.29) is 11.5 Å². The molecule has 1 heterocycles. The van der Waals surface area contributed by atoms with Crippen LogP contribution in [0.25, 0.3) is 0 Å². The lowest BCUT2D eigenvalue weighted by atomic mass is 9.91. The summed E-state index contributed by atoms with van der Waals surface area (Å²) in [6.07, 6.45) is 1.40. The number of hydrogen-bond acceptors (Lipinski definition) is 1. The molecule has 0 radical (unpaired) electrons. The lowest BCUT2D eigenvalue weighted by Gasteiger charge is -2.26. The van der Waals surface area contributed by atoms with Gasteiger partial charge in [0.2, 0.25) is 0 Å². The Hall–Kier alpha value is -0.740. The highest BCUT2D eigenvalue weighted by Gasteiger charge is 2.26. The Morgan fingerprint density at radius 3 is 2.29 bits per heavy atom. The summed E-state index contributed by atoms with van der Waals surface area (Å²) in [5.41, 5.74) is 0.0254. The van der Waals surface area contributed by atoms with E-state index in [0.717, 1.165) is 6.07 Å². The fourth-order valence-corrected chi connectivity index (χ4v) is 2.43. The molecule has 1 unspecified atom stereocenters. The average Bonchev–Trinajstić information content (AvgIpc) is 2.34. The Kier molecular flexibility index (Phi) is 3.94. The maximum Gasteiger partial charge on any atom is 0.161 e. The van der Waals surface area contributed by atoms with Gasteiger partial charge in [0.25, 0.3) is 0 Å². The highest BCUT2D eigenvalue weighted by Crippen LogP contribution is 2.37. The van der Waals surface area contributed by atoms with Crippen LogP contribution in [0.15, 0.2) is 12.1 Å². The van der Waals surface area contributed by atoms with Crippen LogP contribution in [0.5, 0.6) is 0 Å². The van der Waals surface area contributed by atoms with Crippen molar-refractivity contribution in [1.82, 2.24) is 0 Å². The van der Waals surface area contributed by atoms with Crippen molar-refractivity contribution in [1.29, 1.82) is 0 Å². The number of ether oxygens (including phenoxy) is 1. The van der Waals surface area contributed by atoms with E-state index >= 15 is 0 Å². The molecule has 0 saturated carbocycles. The third kappa shape index (κ3) is 2.75. The molecule has 1 fully saturated rings. The predicted molar refractivity (Wildman–Crippen MR) is 58.5 cm³/mol. The molecule has 1 aromatic carbocycles. The van der Waals surface area contributed by atoms with E-state index in [2.05, 4.69) is 0 Å². The molecular formula is C12H12ClF3O. The SMILES string of the molecule is Fc1cc(F)c(C(Cl)C2CCOCC2)cc1F. The van der Waals surface area contributed by atoms with Gasteiger partial charge in [0.1, 0.15) is 5.82 Å². The fourth-order valence-electron chi connectivity index (χ4n) is 2.01. The molecule has 0 N–H and O–H groups in total. The molecule has 0 amide bonds. The molecule has 0 aliphatic carbocycles. The van der Waals surface area contributed by atoms with E-state index in [1.807, 2.05) is 0 Å². The summed E-state index contributed by atoms with van der Waals surface area (Å²) in [7, 11) is 0. The molecule has 1 nitrogen and oxygen atoms in total. The third-order valence-electron chi connectivity index (χ3n) is 3.02. The Morgan fingerprint density at radius 1 is 1.06 bits per heavy atom. The Labute approximate surface area is 103 Å². The van der Waals surface area contributed by atoms with Crippen molar-refractivity contribution in [3.8, 4) is 0 Å². The molecule has 1 aliphatic heterocycles. The molecule has 0 bridgehead atoms. The van der Waals surface area contributed by atoms with Gasteiger partial charge < -0.3 is 4.74 Å². The normalized spacial score (nSPS) is 19.3. The maximum absolute atomic E-state index is 13.5. The van der Waals surface area contributed by atoms with Crippen molar-refractivity contribution < 1.29 is 17.9 Å². The van der Waals surface area contributed by atoms with Crippen molar-refractivity contribution in [3.63, 3.8) is 0 Å². The van der Waals surface area contributed by atoms with E-state index in [0.29, 0.717) is 32.1 Å². The maximum atomic E-state index is 13.5. The Morgan fingerprint density at radius 2 is 1.65 bits per heavy atom. The molecule has 2 rings (SSSR count). The lowest BCUT2D eigenvalue weighted by molar-refractivity contribution is 0.0648. The van der Waals surface area contributed by atoms with Crippen LogP contribution in [0.3, 0.4) is 0 Å². The standard InChI is InChI=1S/C12H12ClF3O/c13-12(7-1-3-17-4-2-7)8-5-10(15)11(16)6-9(8)14/h5-7,12H,1-4H2. The first kappa shape index (κ1) is 12.7. The van der Waals surface area contributed by atoms with E-state index in [4.69, 9.17) is 16.3 Å². The molecule has 0 aromatic heterocycles. The van der Waals surface area contributed by atoms with Crippen LogP contribution in [0.1, 0.15) is 23.8 Å². The number of halogens is 4. The van der Waals surface area contributed by atoms with Gasteiger partial charge in [0, 0.05) is 24.8 Å². The van der Waals surface area contributed by atoms with E-state index in [1.54, 1.807) is 0 Å². The van der Waals surface area contributed by atoms with E-state index in [9.17, 15) is 13.2 Å². The summed E-state index contributed by atoms with van der Waals surface area (Å²) < 4.78 is 44.5. The van der Waals surface area contributed by atoms with Crippen molar-refractivity contribution >= 4 is 11.6 Å². The minimum atomic E-state index is -1.19. The van der Waals surface area contributed by atoms with Gasteiger partial charge >= 0.3 is 0 Å². The molecule has 1 aliphatic rings. The fraction of sp³-hybridized carbons (Fsp3) is 0.500. The monoisotopic (exact) mass is 264 g/mol. The number of alkyl halides is 1. The summed E-state index contributed by atoms with van der Waals surface area (Å²) >= 11 is 6.13. The van der Waals surface area contributed by atoms with Crippen LogP contribution in [0.2, 0.25) is 0 Å². The zero-order chi connectivity index (χ0) is 12.4. The lowest BCUT2D eigenvalue weighted by Crippen LogP contribution is -2.20. The van der Waals surface area contributed by atoms with E-state index in [1.165, 1.54) is 0 Å². The van der Waals surface area contributed by atoms with Crippen LogP contribution in [-0.2, 0) is 4.74 Å². The Balaban J connectivity index is 2.23. The second-order valence-electron chi connectivity index (χ2n) is 4.14. The molecule has 1 atom stereocenters. The Bertz CT molecular complexity index is 405. The van der Waals surface area contributed by atoms with Crippen LogP contribution in [-0.4, -0.2) is 13.2 Å². The zero-order valence-electron chi connectivity index (χ0n) is 9.06.